The summed E-state index contributed by atoms with van der Waals surface area (Å²) >= 11 is 0. The molecule has 5 nitrogen and oxygen atoms in total. The van der Waals surface area contributed by atoms with Crippen LogP contribution in [0.4, 0.5) is 0 Å². The van der Waals surface area contributed by atoms with E-state index in [2.05, 4.69) is 234 Å². The quantitative estimate of drug-likeness (QED) is 0.0605. The molecule has 1 aliphatic rings. The minimum absolute atomic E-state index is 0.257. The number of fused-ring (bicyclic) bond motifs is 8. The first-order chi connectivity index (χ1) is 47.9. The summed E-state index contributed by atoms with van der Waals surface area (Å²) in [6, 6.07) is 94.1. The van der Waals surface area contributed by atoms with Crippen LogP contribution in [-0.4, -0.2) is 17.0 Å². The molecule has 0 aliphatic heterocycles. The van der Waals surface area contributed by atoms with E-state index in [9.17, 15) is 9.59 Å². The summed E-state index contributed by atoms with van der Waals surface area (Å²) in [5.74, 6) is -0.463. The first-order valence-corrected chi connectivity index (χ1v) is 32.5. The van der Waals surface area contributed by atoms with Crippen molar-refractivity contribution in [2.24, 2.45) is 0 Å². The van der Waals surface area contributed by atoms with Crippen molar-refractivity contribution in [3.8, 4) is 5.75 Å². The van der Waals surface area contributed by atoms with E-state index in [1.54, 1.807) is 25.1 Å². The average Bonchev–Trinajstić information content (AvgIpc) is 0.794. The van der Waals surface area contributed by atoms with Crippen LogP contribution in [0.3, 0.4) is 0 Å². The van der Waals surface area contributed by atoms with Crippen LogP contribution in [0, 0.1) is 0 Å². The van der Waals surface area contributed by atoms with Crippen molar-refractivity contribution in [1.29, 1.82) is 0 Å². The molecule has 15 rings (SSSR count). The molecule has 0 saturated carbocycles. The molecule has 5 heteroatoms. The molecule has 0 unspecified atom stereocenters. The Morgan fingerprint density at radius 1 is 0.367 bits per heavy atom. The molecule has 14 aromatic rings. The number of hydrogen-bond acceptors (Lipinski definition) is 5. The lowest BCUT2D eigenvalue weighted by molar-refractivity contribution is -0.140. The highest BCUT2D eigenvalue weighted by Gasteiger charge is 2.12. The third-order valence-electron chi connectivity index (χ3n) is 16.5. The molecule has 1 N–H and O–H groups in total. The van der Waals surface area contributed by atoms with Gasteiger partial charge >= 0.3 is 11.9 Å². The Morgan fingerprint density at radius 2 is 0.745 bits per heavy atom. The number of hydrogen-bond donors (Lipinski definition) is 1. The van der Waals surface area contributed by atoms with Crippen LogP contribution in [0.15, 0.2) is 349 Å². The van der Waals surface area contributed by atoms with Gasteiger partial charge in [-0.2, -0.15) is 0 Å². The van der Waals surface area contributed by atoms with Crippen LogP contribution in [-0.2, 0) is 45.1 Å². The summed E-state index contributed by atoms with van der Waals surface area (Å²) in [4.78, 5) is 23.0. The van der Waals surface area contributed by atoms with Gasteiger partial charge in [-0.05, 0) is 164 Å². The van der Waals surface area contributed by atoms with Gasteiger partial charge in [0.2, 0.25) is 0 Å². The van der Waals surface area contributed by atoms with Crippen molar-refractivity contribution in [3.63, 3.8) is 0 Å². The highest BCUT2D eigenvalue weighted by molar-refractivity contribution is 6.07. The van der Waals surface area contributed by atoms with Gasteiger partial charge in [0.15, 0.2) is 0 Å². The lowest BCUT2D eigenvalue weighted by Gasteiger charge is -2.12. The number of allylic oxidation sites excluding steroid dienone is 2. The zero-order valence-corrected chi connectivity index (χ0v) is 55.5. The van der Waals surface area contributed by atoms with Crippen LogP contribution in [0.2, 0.25) is 0 Å². The molecule has 0 spiro atoms. The highest BCUT2D eigenvalue weighted by Crippen LogP contribution is 2.32. The molecule has 0 heterocycles. The summed E-state index contributed by atoms with van der Waals surface area (Å²) in [5.41, 5.74) is 11.3. The Bertz CT molecular complexity index is 5020. The van der Waals surface area contributed by atoms with Crippen LogP contribution in [0.25, 0.3) is 106 Å². The number of esters is 2. The smallest absolute Gasteiger partial charge is 0.333 e. The highest BCUT2D eigenvalue weighted by atomic mass is 16.5. The van der Waals surface area contributed by atoms with Crippen molar-refractivity contribution in [1.82, 2.24) is 0 Å². The first kappa shape index (κ1) is 69.9. The number of phenols is 1. The van der Waals surface area contributed by atoms with Gasteiger partial charge in [-0.25, -0.2) is 9.59 Å². The Hall–Kier alpha value is -12.4. The van der Waals surface area contributed by atoms with E-state index >= 15 is 0 Å². The van der Waals surface area contributed by atoms with Crippen LogP contribution in [0.5, 0.6) is 5.75 Å². The van der Waals surface area contributed by atoms with Crippen molar-refractivity contribution < 1.29 is 24.2 Å². The zero-order chi connectivity index (χ0) is 69.0. The first-order valence-electron chi connectivity index (χ1n) is 32.5. The van der Waals surface area contributed by atoms with Gasteiger partial charge in [0.25, 0.3) is 0 Å². The minimum Gasteiger partial charge on any atom is -0.508 e. The molecule has 0 atom stereocenters. The summed E-state index contributed by atoms with van der Waals surface area (Å²) in [5, 5.41) is 25.5. The maximum absolute atomic E-state index is 11.7. The molecular formula is C93H80O5. The van der Waals surface area contributed by atoms with E-state index in [4.69, 9.17) is 14.6 Å². The van der Waals surface area contributed by atoms with E-state index < -0.39 is 5.97 Å². The van der Waals surface area contributed by atoms with E-state index in [0.717, 1.165) is 72.6 Å². The van der Waals surface area contributed by atoms with Crippen molar-refractivity contribution in [3.05, 3.63) is 399 Å². The van der Waals surface area contributed by atoms with Gasteiger partial charge in [0.1, 0.15) is 19.0 Å². The van der Waals surface area contributed by atoms with Crippen LogP contribution < -0.4 is 0 Å². The van der Waals surface area contributed by atoms with Crippen molar-refractivity contribution in [2.45, 2.75) is 33.0 Å². The molecular weight excluding hydrogens is 1200 g/mol. The predicted octanol–water partition coefficient (Wildman–Crippen LogP) is 24.3. The fourth-order valence-electron chi connectivity index (χ4n) is 11.5. The van der Waals surface area contributed by atoms with Gasteiger partial charge < -0.3 is 14.6 Å². The zero-order valence-electron chi connectivity index (χ0n) is 55.5. The van der Waals surface area contributed by atoms with E-state index in [-0.39, 0.29) is 19.2 Å². The molecule has 1 aliphatic carbocycles. The van der Waals surface area contributed by atoms with E-state index in [1.165, 1.54) is 71.8 Å². The predicted molar refractivity (Wildman–Crippen MR) is 421 cm³/mol. The van der Waals surface area contributed by atoms with Gasteiger partial charge in [0, 0.05) is 22.8 Å². The summed E-state index contributed by atoms with van der Waals surface area (Å²) in [6.45, 7) is 27.9. The summed E-state index contributed by atoms with van der Waals surface area (Å²) < 4.78 is 10.6. The summed E-state index contributed by atoms with van der Waals surface area (Å²) in [7, 11) is 0. The fraction of sp³-hybridized carbons (Fsp3) is 0.0538. The second-order valence-corrected chi connectivity index (χ2v) is 23.0. The second kappa shape index (κ2) is 35.7. The standard InChI is InChI=1S/C19H16O2.C18H14O2.C16H12.C12H10.C12H12.C8H8O.C8H8/c1-13(2)19(20)21-12-18-16-9-5-3-7-14(16)11-15-8-4-6-10-17(15)18;1-2-18(19)20-12-17-15-9-5-3-7-13(15)11-14-8-4-6-10-16(14)17;1-2-14-15-9-5-3-7-12(15)11-13-8-4-6-10-16(13)14;1-2-10-7-5-8-11-6-3-4-9-12(10)11;1-2-10-7-8-11-5-3-4-6-12(11)9-10;1-2-7-3-5-8(9)6-4-7;1-2-8-6-4-3-5-7-8/h3-11H,1,12H2,2H3;2-11H,1,12H2;2-11H,1H2;2-9H,1H2;2-4,7-9H,1,5-6H2;2-6,9H,1H2;2-7H,1H2. The van der Waals surface area contributed by atoms with E-state index in [0.29, 0.717) is 11.3 Å². The Kier molecular flexibility index (Phi) is 25.5. The minimum atomic E-state index is -0.401. The number of benzene rings is 14. The molecule has 0 aromatic heterocycles. The normalized spacial score (nSPS) is 10.7. The molecule has 0 saturated heterocycles. The monoisotopic (exact) mass is 1280 g/mol. The fourth-order valence-corrected chi connectivity index (χ4v) is 11.5. The lowest BCUT2D eigenvalue weighted by Crippen LogP contribution is -2.05. The van der Waals surface area contributed by atoms with Gasteiger partial charge in [-0.3, -0.25) is 0 Å². The van der Waals surface area contributed by atoms with E-state index in [1.807, 2.05) is 115 Å². The molecule has 0 bridgehead atoms. The molecule has 0 amide bonds. The Morgan fingerprint density at radius 3 is 1.17 bits per heavy atom. The van der Waals surface area contributed by atoms with Gasteiger partial charge in [-0.1, -0.05) is 337 Å². The SMILES string of the molecule is C=C(C)C(=O)OCc1c2ccccc2cc2ccccc12.C=CC(=O)OCc1c2ccccc2cc2ccccc12.C=Cc1c2ccccc2cc2ccccc12.C=Cc1ccc(O)cc1.C=Cc1ccc2c(c1)CC=CC2.C=Cc1cccc2ccccc12.C=Cc1ccccc1. The number of rotatable bonds is 11. The molecule has 0 radical (unpaired) electrons. The summed E-state index contributed by atoms with van der Waals surface area (Å²) in [6.07, 6.45) is 17.1. The number of aromatic hydroxyl groups is 1. The number of carbonyl (C=O) groups excluding carboxylic acids is 2. The number of phenolic OH excluding ortho intramolecular Hbond substituents is 1. The second-order valence-electron chi connectivity index (χ2n) is 23.0. The van der Waals surface area contributed by atoms with Gasteiger partial charge in [-0.15, -0.1) is 0 Å². The number of carbonyl (C=O) groups is 2. The largest absolute Gasteiger partial charge is 0.508 e. The average molecular weight is 1280 g/mol. The lowest BCUT2D eigenvalue weighted by atomic mass is 9.95. The van der Waals surface area contributed by atoms with Crippen LogP contribution >= 0.6 is 0 Å². The molecule has 482 valence electrons. The molecule has 14 aromatic carbocycles. The maximum Gasteiger partial charge on any atom is 0.333 e. The third-order valence-corrected chi connectivity index (χ3v) is 16.5. The maximum atomic E-state index is 11.7. The van der Waals surface area contributed by atoms with Crippen molar-refractivity contribution in [2.75, 3.05) is 0 Å². The Balaban J connectivity index is 0.000000137. The third kappa shape index (κ3) is 18.7. The molecule has 0 fully saturated rings. The van der Waals surface area contributed by atoms with Crippen LogP contribution in [0.1, 0.15) is 57.0 Å². The Labute approximate surface area is 576 Å². The topological polar surface area (TPSA) is 72.8 Å². The van der Waals surface area contributed by atoms with Gasteiger partial charge in [0.05, 0.1) is 0 Å². The number of ether oxygens (including phenoxy) is 2. The van der Waals surface area contributed by atoms with Crippen molar-refractivity contribution >= 4 is 118 Å². The molecule has 98 heavy (non-hydrogen) atoms.